The van der Waals surface area contributed by atoms with Crippen molar-refractivity contribution in [1.29, 1.82) is 0 Å². The molecule has 5 heteroatoms. The van der Waals surface area contributed by atoms with Crippen molar-refractivity contribution in [1.82, 2.24) is 9.80 Å². The average Bonchev–Trinajstić information content (AvgIpc) is 2.61. The van der Waals surface area contributed by atoms with Gasteiger partial charge in [0.1, 0.15) is 0 Å². The fourth-order valence-corrected chi connectivity index (χ4v) is 3.94. The molecule has 140 valence electrons. The average molecular weight is 364 g/mol. The summed E-state index contributed by atoms with van der Waals surface area (Å²) in [5.41, 5.74) is 2.21. The molecule has 1 saturated heterocycles. The molecule has 1 fully saturated rings. The lowest BCUT2D eigenvalue weighted by atomic mass is 10.1. The maximum absolute atomic E-state index is 12.0. The zero-order valence-corrected chi connectivity index (χ0v) is 16.8. The minimum absolute atomic E-state index is 0.0946. The quantitative estimate of drug-likeness (QED) is 0.681. The molecule has 1 amide bonds. The molecule has 25 heavy (non-hydrogen) atoms. The molecular weight excluding hydrogens is 330 g/mol. The number of carbonyl (C=O) groups excluding carboxylic acids is 1. The van der Waals surface area contributed by atoms with Gasteiger partial charge in [-0.1, -0.05) is 32.9 Å². The third kappa shape index (κ3) is 7.80. The van der Waals surface area contributed by atoms with Gasteiger partial charge < -0.3 is 10.2 Å². The molecule has 1 heterocycles. The smallest absolute Gasteiger partial charge is 0.234 e. The van der Waals surface area contributed by atoms with Crippen LogP contribution in [0.2, 0.25) is 0 Å². The van der Waals surface area contributed by atoms with Crippen LogP contribution in [0.15, 0.2) is 24.3 Å². The van der Waals surface area contributed by atoms with E-state index >= 15 is 0 Å². The lowest BCUT2D eigenvalue weighted by molar-refractivity contribution is -0.113. The molecule has 0 atom stereocenters. The number of anilines is 1. The Morgan fingerprint density at radius 3 is 2.36 bits per heavy atom. The van der Waals surface area contributed by atoms with Crippen LogP contribution in [0.25, 0.3) is 0 Å². The van der Waals surface area contributed by atoms with Crippen LogP contribution in [0.5, 0.6) is 0 Å². The fourth-order valence-electron chi connectivity index (χ4n) is 2.90. The van der Waals surface area contributed by atoms with Crippen molar-refractivity contribution in [2.75, 3.05) is 49.5 Å². The molecule has 0 bridgehead atoms. The summed E-state index contributed by atoms with van der Waals surface area (Å²) in [6, 6.07) is 8.31. The number of nitrogens with one attached hydrogen (secondary N) is 1. The Labute approximate surface area is 157 Å². The highest BCUT2D eigenvalue weighted by Gasteiger charge is 2.15. The second-order valence-corrected chi connectivity index (χ2v) is 8.30. The summed E-state index contributed by atoms with van der Waals surface area (Å²) >= 11 is 1.71. The van der Waals surface area contributed by atoms with E-state index in [-0.39, 0.29) is 5.91 Å². The third-order valence-corrected chi connectivity index (χ3v) is 5.62. The highest BCUT2D eigenvalue weighted by atomic mass is 32.2. The number of hydrogen-bond acceptors (Lipinski definition) is 4. The van der Waals surface area contributed by atoms with Crippen LogP contribution in [-0.4, -0.2) is 59.9 Å². The first-order chi connectivity index (χ1) is 12.1. The molecule has 2 rings (SSSR count). The Hall–Kier alpha value is -1.04. The zero-order chi connectivity index (χ0) is 18.1. The molecule has 1 aromatic carbocycles. The Bertz CT molecular complexity index is 510. The summed E-state index contributed by atoms with van der Waals surface area (Å²) in [6.45, 7) is 13.4. The number of thioether (sulfide) groups is 1. The van der Waals surface area contributed by atoms with Crippen LogP contribution in [-0.2, 0) is 11.3 Å². The summed E-state index contributed by atoms with van der Waals surface area (Å²) < 4.78 is 0. The van der Waals surface area contributed by atoms with Crippen molar-refractivity contribution in [2.45, 2.75) is 33.7 Å². The van der Waals surface area contributed by atoms with Gasteiger partial charge in [0.15, 0.2) is 0 Å². The predicted octanol–water partition coefficient (Wildman–Crippen LogP) is 3.54. The molecular formula is C20H33N3OS. The predicted molar refractivity (Wildman–Crippen MR) is 109 cm³/mol. The van der Waals surface area contributed by atoms with Gasteiger partial charge in [0, 0.05) is 38.4 Å². The molecule has 4 nitrogen and oxygen atoms in total. The summed E-state index contributed by atoms with van der Waals surface area (Å²) in [6.07, 6.45) is 1.17. The van der Waals surface area contributed by atoms with Crippen molar-refractivity contribution in [3.8, 4) is 0 Å². The molecule has 0 radical (unpaired) electrons. The molecule has 0 aliphatic carbocycles. The first-order valence-electron chi connectivity index (χ1n) is 9.48. The highest BCUT2D eigenvalue weighted by molar-refractivity contribution is 7.99. The minimum Gasteiger partial charge on any atom is -0.325 e. The lowest BCUT2D eigenvalue weighted by Gasteiger charge is -2.34. The van der Waals surface area contributed by atoms with Crippen molar-refractivity contribution >= 4 is 23.4 Å². The summed E-state index contributed by atoms with van der Waals surface area (Å²) in [5, 5.41) is 2.99. The van der Waals surface area contributed by atoms with Crippen LogP contribution in [0.3, 0.4) is 0 Å². The van der Waals surface area contributed by atoms with E-state index in [2.05, 4.69) is 48.0 Å². The van der Waals surface area contributed by atoms with E-state index in [9.17, 15) is 4.79 Å². The normalized spacial score (nSPS) is 16.3. The van der Waals surface area contributed by atoms with Crippen molar-refractivity contribution in [3.05, 3.63) is 29.8 Å². The van der Waals surface area contributed by atoms with E-state index in [0.717, 1.165) is 37.6 Å². The maximum atomic E-state index is 12.0. The summed E-state index contributed by atoms with van der Waals surface area (Å²) in [5.74, 6) is 2.39. The number of hydrogen-bond donors (Lipinski definition) is 1. The molecule has 1 aliphatic heterocycles. The molecule has 0 spiro atoms. The van der Waals surface area contributed by atoms with Gasteiger partial charge >= 0.3 is 0 Å². The Balaban J connectivity index is 1.70. The number of carbonyl (C=O) groups is 1. The van der Waals surface area contributed by atoms with E-state index in [0.29, 0.717) is 11.7 Å². The van der Waals surface area contributed by atoms with Gasteiger partial charge in [-0.2, -0.15) is 11.8 Å². The second kappa shape index (κ2) is 10.8. The van der Waals surface area contributed by atoms with Gasteiger partial charge in [-0.3, -0.25) is 9.69 Å². The molecule has 1 aliphatic rings. The van der Waals surface area contributed by atoms with Gasteiger partial charge in [0.05, 0.1) is 5.75 Å². The standard InChI is InChI=1S/C20H33N3OS/c1-4-22-10-12-23(13-11-22)15-18-5-7-19(8-6-18)21-20(24)16-25-14-9-17(2)3/h5-8,17H,4,9-16H2,1-3H3,(H,21,24). The Morgan fingerprint density at radius 1 is 1.12 bits per heavy atom. The van der Waals surface area contributed by atoms with E-state index in [1.54, 1.807) is 11.8 Å². The molecule has 0 unspecified atom stereocenters. The Morgan fingerprint density at radius 2 is 1.76 bits per heavy atom. The SMILES string of the molecule is CCN1CCN(Cc2ccc(NC(=O)CSCCC(C)C)cc2)CC1. The van der Waals surface area contributed by atoms with Crippen LogP contribution in [0.1, 0.15) is 32.8 Å². The van der Waals surface area contributed by atoms with Gasteiger partial charge in [-0.15, -0.1) is 0 Å². The van der Waals surface area contributed by atoms with Crippen LogP contribution in [0, 0.1) is 5.92 Å². The van der Waals surface area contributed by atoms with E-state index < -0.39 is 0 Å². The number of benzene rings is 1. The monoisotopic (exact) mass is 363 g/mol. The zero-order valence-electron chi connectivity index (χ0n) is 16.0. The Kier molecular flexibility index (Phi) is 8.79. The van der Waals surface area contributed by atoms with Crippen LogP contribution in [0.4, 0.5) is 5.69 Å². The van der Waals surface area contributed by atoms with E-state index in [4.69, 9.17) is 0 Å². The molecule has 1 N–H and O–H groups in total. The van der Waals surface area contributed by atoms with Gasteiger partial charge in [0.2, 0.25) is 5.91 Å². The number of rotatable bonds is 9. The van der Waals surface area contributed by atoms with Crippen molar-refractivity contribution in [3.63, 3.8) is 0 Å². The second-order valence-electron chi connectivity index (χ2n) is 7.19. The molecule has 1 aromatic rings. The van der Waals surface area contributed by atoms with Crippen molar-refractivity contribution in [2.24, 2.45) is 5.92 Å². The highest BCUT2D eigenvalue weighted by Crippen LogP contribution is 2.14. The number of nitrogens with zero attached hydrogens (tertiary/aromatic N) is 2. The first kappa shape index (κ1) is 20.3. The topological polar surface area (TPSA) is 35.6 Å². The van der Waals surface area contributed by atoms with Gasteiger partial charge in [0.25, 0.3) is 0 Å². The fraction of sp³-hybridized carbons (Fsp3) is 0.650. The number of likely N-dealkylation sites (N-methyl/N-ethyl adjacent to an activating group) is 1. The van der Waals surface area contributed by atoms with E-state index in [1.165, 1.54) is 25.1 Å². The van der Waals surface area contributed by atoms with Gasteiger partial charge in [-0.05, 0) is 42.3 Å². The van der Waals surface area contributed by atoms with Gasteiger partial charge in [-0.25, -0.2) is 0 Å². The van der Waals surface area contributed by atoms with Crippen molar-refractivity contribution < 1.29 is 4.79 Å². The summed E-state index contributed by atoms with van der Waals surface area (Å²) in [7, 11) is 0. The first-order valence-corrected chi connectivity index (χ1v) is 10.6. The largest absolute Gasteiger partial charge is 0.325 e. The third-order valence-electron chi connectivity index (χ3n) is 4.63. The minimum atomic E-state index is 0.0946. The number of piperazine rings is 1. The van der Waals surface area contributed by atoms with Crippen LogP contribution < -0.4 is 5.32 Å². The van der Waals surface area contributed by atoms with Crippen LogP contribution >= 0.6 is 11.8 Å². The summed E-state index contributed by atoms with van der Waals surface area (Å²) in [4.78, 5) is 17.0. The molecule has 0 saturated carbocycles. The molecule has 0 aromatic heterocycles. The number of amides is 1. The maximum Gasteiger partial charge on any atom is 0.234 e. The lowest BCUT2D eigenvalue weighted by Crippen LogP contribution is -2.45. The van der Waals surface area contributed by atoms with E-state index in [1.807, 2.05) is 12.1 Å².